The number of carbonyl (C=O) groups is 1. The Labute approximate surface area is 107 Å². The number of carbonyl (C=O) groups excluding carboxylic acids is 1. The van der Waals surface area contributed by atoms with Gasteiger partial charge in [-0.05, 0) is 31.5 Å². The summed E-state index contributed by atoms with van der Waals surface area (Å²) in [5, 5.41) is 15.3. The molecule has 5 nitrogen and oxygen atoms in total. The number of hydrogen-bond acceptors (Lipinski definition) is 4. The molecule has 5 heteroatoms. The molecule has 1 atom stereocenters. The first-order chi connectivity index (χ1) is 8.50. The maximum absolute atomic E-state index is 11.2. The van der Waals surface area contributed by atoms with E-state index in [1.807, 2.05) is 19.1 Å². The van der Waals surface area contributed by atoms with Crippen molar-refractivity contribution in [2.24, 2.45) is 5.73 Å². The van der Waals surface area contributed by atoms with E-state index in [2.05, 4.69) is 10.6 Å². The van der Waals surface area contributed by atoms with Crippen molar-refractivity contribution >= 4 is 11.6 Å². The molecule has 0 fully saturated rings. The molecule has 0 aromatic heterocycles. The summed E-state index contributed by atoms with van der Waals surface area (Å²) in [6.45, 7) is 5.61. The van der Waals surface area contributed by atoms with Crippen molar-refractivity contribution in [3.63, 3.8) is 0 Å². The Hall–Kier alpha value is -1.59. The lowest BCUT2D eigenvalue weighted by Gasteiger charge is -2.12. The van der Waals surface area contributed by atoms with Crippen LogP contribution in [0, 0.1) is 6.92 Å². The maximum Gasteiger partial charge on any atom is 0.250 e. The zero-order valence-electron chi connectivity index (χ0n) is 10.9. The summed E-state index contributed by atoms with van der Waals surface area (Å²) in [5.74, 6) is -0.436. The number of aliphatic hydroxyl groups excluding tert-OH is 1. The number of amides is 1. The second-order valence-corrected chi connectivity index (χ2v) is 4.39. The molecular weight excluding hydrogens is 230 g/mol. The topological polar surface area (TPSA) is 87.4 Å². The van der Waals surface area contributed by atoms with Crippen molar-refractivity contribution in [2.75, 3.05) is 25.0 Å². The van der Waals surface area contributed by atoms with Crippen LogP contribution in [0.15, 0.2) is 18.2 Å². The minimum Gasteiger partial charge on any atom is -0.392 e. The zero-order valence-corrected chi connectivity index (χ0v) is 10.9. The largest absolute Gasteiger partial charge is 0.392 e. The van der Waals surface area contributed by atoms with Crippen LogP contribution < -0.4 is 16.4 Å². The highest BCUT2D eigenvalue weighted by Crippen LogP contribution is 2.16. The van der Waals surface area contributed by atoms with Gasteiger partial charge in [-0.15, -0.1) is 0 Å². The lowest BCUT2D eigenvalue weighted by Crippen LogP contribution is -2.29. The lowest BCUT2D eigenvalue weighted by molar-refractivity contribution is 0.100. The van der Waals surface area contributed by atoms with Gasteiger partial charge < -0.3 is 21.5 Å². The SMILES string of the molecule is Cc1ccc(C(N)=O)c(NCCNCC(C)O)c1. The van der Waals surface area contributed by atoms with Crippen molar-refractivity contribution in [2.45, 2.75) is 20.0 Å². The van der Waals surface area contributed by atoms with E-state index in [0.29, 0.717) is 25.2 Å². The van der Waals surface area contributed by atoms with Crippen LogP contribution in [0.3, 0.4) is 0 Å². The fourth-order valence-corrected chi connectivity index (χ4v) is 1.62. The first-order valence-corrected chi connectivity index (χ1v) is 6.04. The molecule has 0 saturated heterocycles. The van der Waals surface area contributed by atoms with Gasteiger partial charge in [-0.3, -0.25) is 4.79 Å². The summed E-state index contributed by atoms with van der Waals surface area (Å²) in [4.78, 5) is 11.2. The van der Waals surface area contributed by atoms with Crippen molar-refractivity contribution in [1.82, 2.24) is 5.32 Å². The molecule has 0 radical (unpaired) electrons. The van der Waals surface area contributed by atoms with Crippen molar-refractivity contribution < 1.29 is 9.90 Å². The highest BCUT2D eigenvalue weighted by molar-refractivity contribution is 5.98. The van der Waals surface area contributed by atoms with Crippen LogP contribution in [0.25, 0.3) is 0 Å². The summed E-state index contributed by atoms with van der Waals surface area (Å²) in [6.07, 6.45) is -0.356. The third-order valence-corrected chi connectivity index (χ3v) is 2.50. The quantitative estimate of drug-likeness (QED) is 0.531. The minimum absolute atomic E-state index is 0.356. The van der Waals surface area contributed by atoms with Crippen molar-refractivity contribution in [1.29, 1.82) is 0 Å². The van der Waals surface area contributed by atoms with Crippen LogP contribution in [0.2, 0.25) is 0 Å². The number of nitrogens with one attached hydrogen (secondary N) is 2. The van der Waals surface area contributed by atoms with E-state index in [4.69, 9.17) is 10.8 Å². The lowest BCUT2D eigenvalue weighted by atomic mass is 10.1. The fraction of sp³-hybridized carbons (Fsp3) is 0.462. The van der Waals surface area contributed by atoms with E-state index in [1.54, 1.807) is 13.0 Å². The number of primary amides is 1. The molecule has 18 heavy (non-hydrogen) atoms. The Kier molecular flexibility index (Phi) is 5.61. The van der Waals surface area contributed by atoms with Gasteiger partial charge in [0, 0.05) is 25.3 Å². The number of hydrogen-bond donors (Lipinski definition) is 4. The van der Waals surface area contributed by atoms with Crippen LogP contribution in [0.5, 0.6) is 0 Å². The van der Waals surface area contributed by atoms with Crippen molar-refractivity contribution in [3.05, 3.63) is 29.3 Å². The van der Waals surface area contributed by atoms with Gasteiger partial charge in [0.1, 0.15) is 0 Å². The first-order valence-electron chi connectivity index (χ1n) is 6.04. The van der Waals surface area contributed by atoms with Crippen molar-refractivity contribution in [3.8, 4) is 0 Å². The van der Waals surface area contributed by atoms with E-state index in [0.717, 1.165) is 11.3 Å². The Morgan fingerprint density at radius 2 is 2.17 bits per heavy atom. The maximum atomic E-state index is 11.2. The average Bonchev–Trinajstić information content (AvgIpc) is 2.27. The van der Waals surface area contributed by atoms with Gasteiger partial charge in [-0.1, -0.05) is 6.07 Å². The van der Waals surface area contributed by atoms with Gasteiger partial charge in [-0.25, -0.2) is 0 Å². The number of aryl methyl sites for hydroxylation is 1. The normalized spacial score (nSPS) is 12.2. The molecule has 0 heterocycles. The summed E-state index contributed by atoms with van der Waals surface area (Å²) in [6, 6.07) is 5.48. The molecule has 0 bridgehead atoms. The van der Waals surface area contributed by atoms with Crippen LogP contribution in [0.1, 0.15) is 22.8 Å². The standard InChI is InChI=1S/C13H21N3O2/c1-9-3-4-11(13(14)18)12(7-9)16-6-5-15-8-10(2)17/h3-4,7,10,15-17H,5-6,8H2,1-2H3,(H2,14,18). The molecule has 1 amide bonds. The molecule has 0 saturated carbocycles. The molecule has 1 aromatic rings. The molecule has 5 N–H and O–H groups in total. The number of aliphatic hydroxyl groups is 1. The molecule has 0 aliphatic carbocycles. The van der Waals surface area contributed by atoms with Gasteiger partial charge in [0.2, 0.25) is 0 Å². The molecule has 1 aromatic carbocycles. The van der Waals surface area contributed by atoms with Crippen LogP contribution in [-0.4, -0.2) is 36.8 Å². The number of rotatable bonds is 7. The smallest absolute Gasteiger partial charge is 0.250 e. The molecule has 1 unspecified atom stereocenters. The van der Waals surface area contributed by atoms with E-state index in [1.165, 1.54) is 0 Å². The average molecular weight is 251 g/mol. The Balaban J connectivity index is 2.50. The predicted octanol–water partition coefficient (Wildman–Crippen LogP) is 0.476. The minimum atomic E-state index is -0.436. The monoisotopic (exact) mass is 251 g/mol. The molecule has 0 aliphatic heterocycles. The summed E-state index contributed by atoms with van der Waals surface area (Å²) < 4.78 is 0. The summed E-state index contributed by atoms with van der Waals surface area (Å²) in [5.41, 5.74) is 7.62. The Morgan fingerprint density at radius 1 is 1.44 bits per heavy atom. The molecule has 0 spiro atoms. The highest BCUT2D eigenvalue weighted by Gasteiger charge is 2.07. The fourth-order valence-electron chi connectivity index (χ4n) is 1.62. The van der Waals surface area contributed by atoms with Crippen LogP contribution in [0.4, 0.5) is 5.69 Å². The summed E-state index contributed by atoms with van der Waals surface area (Å²) >= 11 is 0. The first kappa shape index (κ1) is 14.5. The second kappa shape index (κ2) is 6.98. The number of benzene rings is 1. The predicted molar refractivity (Wildman–Crippen MR) is 72.7 cm³/mol. The van der Waals surface area contributed by atoms with Gasteiger partial charge >= 0.3 is 0 Å². The number of anilines is 1. The Bertz CT molecular complexity index is 405. The molecule has 0 aliphatic rings. The molecular formula is C13H21N3O2. The van der Waals surface area contributed by atoms with E-state index in [-0.39, 0.29) is 6.10 Å². The second-order valence-electron chi connectivity index (χ2n) is 4.39. The van der Waals surface area contributed by atoms with Gasteiger partial charge in [-0.2, -0.15) is 0 Å². The van der Waals surface area contributed by atoms with Crippen LogP contribution >= 0.6 is 0 Å². The zero-order chi connectivity index (χ0) is 13.5. The van der Waals surface area contributed by atoms with Gasteiger partial charge in [0.05, 0.1) is 11.7 Å². The van der Waals surface area contributed by atoms with E-state index < -0.39 is 5.91 Å². The summed E-state index contributed by atoms with van der Waals surface area (Å²) in [7, 11) is 0. The van der Waals surface area contributed by atoms with Gasteiger partial charge in [0.25, 0.3) is 5.91 Å². The highest BCUT2D eigenvalue weighted by atomic mass is 16.3. The third kappa shape index (κ3) is 4.73. The third-order valence-electron chi connectivity index (χ3n) is 2.50. The molecule has 1 rings (SSSR count). The van der Waals surface area contributed by atoms with Crippen LogP contribution in [-0.2, 0) is 0 Å². The Morgan fingerprint density at radius 3 is 2.78 bits per heavy atom. The van der Waals surface area contributed by atoms with E-state index in [9.17, 15) is 4.79 Å². The van der Waals surface area contributed by atoms with E-state index >= 15 is 0 Å². The molecule has 100 valence electrons. The van der Waals surface area contributed by atoms with Gasteiger partial charge in [0.15, 0.2) is 0 Å². The number of nitrogens with two attached hydrogens (primary N) is 1.